The van der Waals surface area contributed by atoms with Crippen molar-refractivity contribution >= 4 is 16.9 Å². The molecule has 1 aromatic carbocycles. The summed E-state index contributed by atoms with van der Waals surface area (Å²) in [6.07, 6.45) is -3.81. The highest BCUT2D eigenvalue weighted by atomic mass is 19.4. The van der Waals surface area contributed by atoms with Crippen molar-refractivity contribution in [2.24, 2.45) is 7.05 Å². The average molecular weight is 568 g/mol. The molecule has 212 valence electrons. The Morgan fingerprint density at radius 2 is 1.83 bits per heavy atom. The Morgan fingerprint density at radius 3 is 2.44 bits per heavy atom. The number of halogens is 4. The first-order chi connectivity index (χ1) is 19.5. The molecule has 41 heavy (non-hydrogen) atoms. The van der Waals surface area contributed by atoms with Crippen molar-refractivity contribution in [3.63, 3.8) is 0 Å². The fourth-order valence-corrected chi connectivity index (χ4v) is 5.22. The summed E-state index contributed by atoms with van der Waals surface area (Å²) in [5, 5.41) is 19.9. The third-order valence-corrected chi connectivity index (χ3v) is 7.33. The summed E-state index contributed by atoms with van der Waals surface area (Å²) in [5.74, 6) is -0.214. The fraction of sp³-hybridized carbons (Fsp3) is 0.321. The molecule has 1 aliphatic heterocycles. The first kappa shape index (κ1) is 28.1. The molecule has 9 nitrogen and oxygen atoms in total. The molecule has 1 saturated heterocycles. The van der Waals surface area contributed by atoms with Gasteiger partial charge in [-0.2, -0.15) is 23.4 Å². The molecule has 5 rings (SSSR count). The molecule has 1 aliphatic rings. The number of fused-ring (bicyclic) bond motifs is 1. The van der Waals surface area contributed by atoms with Gasteiger partial charge in [-0.3, -0.25) is 14.5 Å². The number of hydrogen-bond donors (Lipinski definition) is 1. The van der Waals surface area contributed by atoms with Crippen LogP contribution in [0.4, 0.5) is 23.4 Å². The molecule has 4 aromatic rings. The molecule has 0 spiro atoms. The number of aliphatic hydroxyl groups excluding tert-OH is 1. The number of anilines is 1. The zero-order valence-corrected chi connectivity index (χ0v) is 22.0. The van der Waals surface area contributed by atoms with E-state index >= 15 is 0 Å². The predicted molar refractivity (Wildman–Crippen MR) is 141 cm³/mol. The summed E-state index contributed by atoms with van der Waals surface area (Å²) in [7, 11) is 1.55. The van der Waals surface area contributed by atoms with Gasteiger partial charge in [0.2, 0.25) is 0 Å². The normalized spacial score (nSPS) is 18.8. The number of alkyl halides is 3. The van der Waals surface area contributed by atoms with E-state index in [1.807, 2.05) is 22.8 Å². The molecule has 1 fully saturated rings. The van der Waals surface area contributed by atoms with Gasteiger partial charge in [-0.05, 0) is 48.9 Å². The van der Waals surface area contributed by atoms with Crippen LogP contribution in [0.25, 0.3) is 11.0 Å². The van der Waals surface area contributed by atoms with Gasteiger partial charge < -0.3 is 10.0 Å². The van der Waals surface area contributed by atoms with Gasteiger partial charge in [0.25, 0.3) is 0 Å². The molecule has 0 bridgehead atoms. The monoisotopic (exact) mass is 567 g/mol. The van der Waals surface area contributed by atoms with Crippen LogP contribution in [0.15, 0.2) is 59.5 Å². The van der Waals surface area contributed by atoms with Gasteiger partial charge in [-0.15, -0.1) is 0 Å². The standard InChI is InChI=1S/C28H25F4N7O2/c1-16-13-39(25(17-3-6-19(29)7-4-17)22-9-5-18(12-34-22)28(30,31)32)21(15-40)14-38(16)26-24-23(37(2)27(41)36-26)10-8-20(11-33)35-24/h3-10,12,16,21,25,40H,13-15H2,1-2H3/t16?,21-,25?/m0/s1. The Bertz CT molecular complexity index is 1670. The van der Waals surface area contributed by atoms with Gasteiger partial charge in [0.05, 0.1) is 35.5 Å². The molecular formula is C28H25F4N7O2. The first-order valence-corrected chi connectivity index (χ1v) is 12.7. The second kappa shape index (κ2) is 10.9. The van der Waals surface area contributed by atoms with Crippen LogP contribution < -0.4 is 10.6 Å². The van der Waals surface area contributed by atoms with Gasteiger partial charge in [0.15, 0.2) is 5.82 Å². The van der Waals surface area contributed by atoms with Crippen LogP contribution in [0.5, 0.6) is 0 Å². The average Bonchev–Trinajstić information content (AvgIpc) is 2.96. The molecule has 1 N–H and O–H groups in total. The summed E-state index contributed by atoms with van der Waals surface area (Å²) in [6.45, 7) is 1.97. The minimum atomic E-state index is -4.56. The Kier molecular flexibility index (Phi) is 7.46. The van der Waals surface area contributed by atoms with Crippen LogP contribution in [0.3, 0.4) is 0 Å². The number of rotatable bonds is 5. The molecule has 3 aromatic heterocycles. The van der Waals surface area contributed by atoms with Gasteiger partial charge in [-0.1, -0.05) is 12.1 Å². The Balaban J connectivity index is 1.57. The van der Waals surface area contributed by atoms with Crippen molar-refractivity contribution in [1.82, 2.24) is 24.4 Å². The van der Waals surface area contributed by atoms with E-state index in [9.17, 15) is 32.7 Å². The number of aliphatic hydroxyl groups is 1. The second-order valence-electron chi connectivity index (χ2n) is 9.91. The highest BCUT2D eigenvalue weighted by Crippen LogP contribution is 2.36. The molecule has 13 heteroatoms. The Morgan fingerprint density at radius 1 is 1.10 bits per heavy atom. The third-order valence-electron chi connectivity index (χ3n) is 7.33. The van der Waals surface area contributed by atoms with Crippen LogP contribution in [0.2, 0.25) is 0 Å². The van der Waals surface area contributed by atoms with Crippen LogP contribution in [0, 0.1) is 17.1 Å². The summed E-state index contributed by atoms with van der Waals surface area (Å²) in [6, 6.07) is 11.3. The lowest BCUT2D eigenvalue weighted by Crippen LogP contribution is -2.60. The van der Waals surface area contributed by atoms with E-state index in [4.69, 9.17) is 0 Å². The van der Waals surface area contributed by atoms with E-state index in [2.05, 4.69) is 15.0 Å². The lowest BCUT2D eigenvalue weighted by Gasteiger charge is -2.48. The van der Waals surface area contributed by atoms with Gasteiger partial charge in [0.1, 0.15) is 23.1 Å². The van der Waals surface area contributed by atoms with Gasteiger partial charge in [0, 0.05) is 32.4 Å². The SMILES string of the molecule is CC1CN(C(c2ccc(F)cc2)c2ccc(C(F)(F)F)cn2)[C@H](CO)CN1c1nc(=O)n(C)c2ccc(C#N)nc12. The van der Waals surface area contributed by atoms with E-state index in [0.29, 0.717) is 22.3 Å². The van der Waals surface area contributed by atoms with E-state index in [-0.39, 0.29) is 37.3 Å². The smallest absolute Gasteiger partial charge is 0.395 e. The molecular weight excluding hydrogens is 542 g/mol. The van der Waals surface area contributed by atoms with Crippen molar-refractivity contribution in [1.29, 1.82) is 5.26 Å². The molecule has 3 atom stereocenters. The van der Waals surface area contributed by atoms with Crippen LogP contribution in [-0.4, -0.2) is 61.3 Å². The molecule has 0 radical (unpaired) electrons. The number of pyridine rings is 2. The van der Waals surface area contributed by atoms with Gasteiger partial charge >= 0.3 is 11.9 Å². The number of hydrogen-bond acceptors (Lipinski definition) is 8. The Hall–Kier alpha value is -4.41. The third kappa shape index (κ3) is 5.36. The minimum absolute atomic E-state index is 0.147. The lowest BCUT2D eigenvalue weighted by atomic mass is 9.96. The molecule has 0 aliphatic carbocycles. The van der Waals surface area contributed by atoms with E-state index in [0.717, 1.165) is 12.3 Å². The van der Waals surface area contributed by atoms with E-state index in [1.165, 1.54) is 41.0 Å². The van der Waals surface area contributed by atoms with Crippen molar-refractivity contribution in [2.75, 3.05) is 24.6 Å². The highest BCUT2D eigenvalue weighted by molar-refractivity contribution is 5.86. The predicted octanol–water partition coefficient (Wildman–Crippen LogP) is 3.41. The number of nitriles is 1. The topological polar surface area (TPSA) is 111 Å². The lowest BCUT2D eigenvalue weighted by molar-refractivity contribution is -0.137. The molecule has 0 amide bonds. The van der Waals surface area contributed by atoms with Crippen molar-refractivity contribution < 1.29 is 22.7 Å². The number of aryl methyl sites for hydroxylation is 1. The van der Waals surface area contributed by atoms with Crippen LogP contribution in [-0.2, 0) is 13.2 Å². The highest BCUT2D eigenvalue weighted by Gasteiger charge is 2.39. The number of nitrogens with zero attached hydrogens (tertiary/aromatic N) is 7. The number of benzene rings is 1. The molecule has 4 heterocycles. The first-order valence-electron chi connectivity index (χ1n) is 12.7. The summed E-state index contributed by atoms with van der Waals surface area (Å²) in [5.41, 5.74) is 0.427. The number of aromatic nitrogens is 4. The summed E-state index contributed by atoms with van der Waals surface area (Å²) < 4.78 is 54.9. The van der Waals surface area contributed by atoms with Crippen molar-refractivity contribution in [3.8, 4) is 6.07 Å². The second-order valence-corrected chi connectivity index (χ2v) is 9.91. The van der Waals surface area contributed by atoms with Crippen LogP contribution >= 0.6 is 0 Å². The zero-order valence-electron chi connectivity index (χ0n) is 22.0. The van der Waals surface area contributed by atoms with E-state index in [1.54, 1.807) is 13.1 Å². The van der Waals surface area contributed by atoms with Crippen molar-refractivity contribution in [2.45, 2.75) is 31.2 Å². The van der Waals surface area contributed by atoms with Crippen LogP contribution in [0.1, 0.15) is 35.5 Å². The largest absolute Gasteiger partial charge is 0.417 e. The fourth-order valence-electron chi connectivity index (χ4n) is 5.22. The summed E-state index contributed by atoms with van der Waals surface area (Å²) >= 11 is 0. The zero-order chi connectivity index (χ0) is 29.5. The minimum Gasteiger partial charge on any atom is -0.395 e. The van der Waals surface area contributed by atoms with Gasteiger partial charge in [-0.25, -0.2) is 14.2 Å². The molecule has 2 unspecified atom stereocenters. The maximum absolute atomic E-state index is 13.8. The maximum Gasteiger partial charge on any atom is 0.417 e. The maximum atomic E-state index is 13.8. The van der Waals surface area contributed by atoms with Crippen molar-refractivity contribution in [3.05, 3.63) is 93.5 Å². The quantitative estimate of drug-likeness (QED) is 0.366. The van der Waals surface area contributed by atoms with E-state index < -0.39 is 35.3 Å². The number of piperazine rings is 1. The summed E-state index contributed by atoms with van der Waals surface area (Å²) in [4.78, 5) is 29.2. The Labute approximate surface area is 231 Å². The molecule has 0 saturated carbocycles.